The highest BCUT2D eigenvalue weighted by Crippen LogP contribution is 2.26. The number of aromatic nitrogens is 2. The van der Waals surface area contributed by atoms with Crippen molar-refractivity contribution in [3.63, 3.8) is 0 Å². The van der Waals surface area contributed by atoms with Crippen LogP contribution >= 0.6 is 0 Å². The first-order valence-electron chi connectivity index (χ1n) is 11.7. The molecule has 36 heavy (non-hydrogen) atoms. The van der Waals surface area contributed by atoms with E-state index < -0.39 is 17.2 Å². The van der Waals surface area contributed by atoms with Crippen molar-refractivity contribution < 1.29 is 18.7 Å². The lowest BCUT2D eigenvalue weighted by atomic mass is 9.95. The van der Waals surface area contributed by atoms with Gasteiger partial charge in [0.25, 0.3) is 11.5 Å². The Hall–Kier alpha value is -4.12. The van der Waals surface area contributed by atoms with Crippen LogP contribution in [0.25, 0.3) is 0 Å². The molecular formula is C25H29N5O6. The number of H-pyrrole nitrogens is 1. The number of likely N-dealkylation sites (tertiary alicyclic amines) is 1. The van der Waals surface area contributed by atoms with Crippen LogP contribution in [0.2, 0.25) is 0 Å². The molecule has 2 aromatic heterocycles. The SMILES string of the molecule is COCCn1c(N)c(N(Cc2ccccc2)C(=O)C2CCCN(C(=O)c3ccoc3)C2)c(=O)[nH]c1=O. The quantitative estimate of drug-likeness (QED) is 0.481. The van der Waals surface area contributed by atoms with Gasteiger partial charge in [-0.25, -0.2) is 4.79 Å². The van der Waals surface area contributed by atoms with Crippen LogP contribution in [0.4, 0.5) is 11.5 Å². The summed E-state index contributed by atoms with van der Waals surface area (Å²) < 4.78 is 11.3. The van der Waals surface area contributed by atoms with Gasteiger partial charge in [0.15, 0.2) is 5.69 Å². The molecule has 1 aromatic carbocycles. The zero-order valence-corrected chi connectivity index (χ0v) is 20.0. The predicted molar refractivity (Wildman–Crippen MR) is 133 cm³/mol. The molecule has 0 spiro atoms. The summed E-state index contributed by atoms with van der Waals surface area (Å²) in [7, 11) is 1.48. The van der Waals surface area contributed by atoms with E-state index in [9.17, 15) is 19.2 Å². The van der Waals surface area contributed by atoms with Crippen LogP contribution in [0.5, 0.6) is 0 Å². The van der Waals surface area contributed by atoms with E-state index in [0.29, 0.717) is 24.9 Å². The van der Waals surface area contributed by atoms with E-state index in [1.807, 2.05) is 30.3 Å². The van der Waals surface area contributed by atoms with Gasteiger partial charge in [-0.1, -0.05) is 30.3 Å². The van der Waals surface area contributed by atoms with Crippen LogP contribution < -0.4 is 21.9 Å². The Labute approximate surface area is 207 Å². The van der Waals surface area contributed by atoms with Gasteiger partial charge in [-0.2, -0.15) is 0 Å². The fraction of sp³-hybridized carbons (Fsp3) is 0.360. The Bertz CT molecular complexity index is 1310. The number of ether oxygens (including phenoxy) is 1. The molecule has 2 amide bonds. The van der Waals surface area contributed by atoms with Crippen LogP contribution in [0.3, 0.4) is 0 Å². The lowest BCUT2D eigenvalue weighted by molar-refractivity contribution is -0.123. The Balaban J connectivity index is 1.70. The topological polar surface area (TPSA) is 144 Å². The molecule has 1 aliphatic rings. The first-order chi connectivity index (χ1) is 17.4. The smallest absolute Gasteiger partial charge is 0.330 e. The number of piperidine rings is 1. The van der Waals surface area contributed by atoms with Crippen LogP contribution in [0.1, 0.15) is 28.8 Å². The molecular weight excluding hydrogens is 466 g/mol. The summed E-state index contributed by atoms with van der Waals surface area (Å²) in [6, 6.07) is 10.8. The number of rotatable bonds is 8. The lowest BCUT2D eigenvalue weighted by Crippen LogP contribution is -2.48. The molecule has 1 unspecified atom stereocenters. The molecule has 1 fully saturated rings. The third-order valence-corrected chi connectivity index (χ3v) is 6.28. The van der Waals surface area contributed by atoms with Gasteiger partial charge in [-0.05, 0) is 24.5 Å². The van der Waals surface area contributed by atoms with Crippen LogP contribution in [0.15, 0.2) is 62.9 Å². The number of benzene rings is 1. The number of anilines is 2. The van der Waals surface area contributed by atoms with E-state index in [4.69, 9.17) is 14.9 Å². The first-order valence-corrected chi connectivity index (χ1v) is 11.7. The zero-order chi connectivity index (χ0) is 25.7. The number of carbonyl (C=O) groups is 2. The number of nitrogens with two attached hydrogens (primary N) is 1. The van der Waals surface area contributed by atoms with Crippen molar-refractivity contribution in [3.8, 4) is 0 Å². The highest BCUT2D eigenvalue weighted by Gasteiger charge is 2.34. The maximum Gasteiger partial charge on any atom is 0.330 e. The number of methoxy groups -OCH3 is 1. The van der Waals surface area contributed by atoms with E-state index in [1.165, 1.54) is 29.1 Å². The highest BCUT2D eigenvalue weighted by atomic mass is 16.5. The number of carbonyl (C=O) groups excluding carboxylic acids is 2. The molecule has 190 valence electrons. The first kappa shape index (κ1) is 25.0. The van der Waals surface area contributed by atoms with Crippen LogP contribution in [-0.2, 0) is 22.6 Å². The van der Waals surface area contributed by atoms with Crippen molar-refractivity contribution in [2.24, 2.45) is 5.92 Å². The maximum atomic E-state index is 13.9. The molecule has 11 heteroatoms. The summed E-state index contributed by atoms with van der Waals surface area (Å²) in [6.07, 6.45) is 3.96. The number of nitrogens with zero attached hydrogens (tertiary/aromatic N) is 3. The van der Waals surface area contributed by atoms with Gasteiger partial charge in [0.1, 0.15) is 12.1 Å². The highest BCUT2D eigenvalue weighted by molar-refractivity contribution is 5.98. The summed E-state index contributed by atoms with van der Waals surface area (Å²) >= 11 is 0. The summed E-state index contributed by atoms with van der Waals surface area (Å²) in [5.74, 6) is -1.25. The van der Waals surface area contributed by atoms with Crippen molar-refractivity contribution in [2.75, 3.05) is 37.4 Å². The maximum absolute atomic E-state index is 13.9. The van der Waals surface area contributed by atoms with Gasteiger partial charge >= 0.3 is 5.69 Å². The standard InChI is InChI=1S/C25H29N5O6/c1-35-13-11-29-21(26)20(22(31)27-25(29)34)30(14-17-6-3-2-4-7-17)24(33)18-8-5-10-28(15-18)23(32)19-9-12-36-16-19/h2-4,6-7,9,12,16,18H,5,8,10-11,13-15,26H2,1H3,(H,27,31,34). The molecule has 4 rings (SSSR count). The molecule has 0 saturated carbocycles. The van der Waals surface area contributed by atoms with Gasteiger partial charge in [-0.15, -0.1) is 0 Å². The average molecular weight is 496 g/mol. The second-order valence-electron chi connectivity index (χ2n) is 8.65. The van der Waals surface area contributed by atoms with E-state index >= 15 is 0 Å². The van der Waals surface area contributed by atoms with E-state index in [-0.39, 0.29) is 49.6 Å². The number of furan rings is 1. The minimum Gasteiger partial charge on any atom is -0.472 e. The van der Waals surface area contributed by atoms with Gasteiger partial charge < -0.3 is 19.8 Å². The number of hydrogen-bond donors (Lipinski definition) is 2. The third kappa shape index (κ3) is 5.25. The molecule has 3 N–H and O–H groups in total. The zero-order valence-electron chi connectivity index (χ0n) is 20.0. The van der Waals surface area contributed by atoms with Crippen LogP contribution in [-0.4, -0.2) is 53.1 Å². The molecule has 0 bridgehead atoms. The molecule has 1 atom stereocenters. The van der Waals surface area contributed by atoms with Gasteiger partial charge in [0.05, 0.1) is 37.4 Å². The molecule has 3 aromatic rings. The molecule has 0 radical (unpaired) electrons. The van der Waals surface area contributed by atoms with Crippen molar-refractivity contribution in [1.82, 2.24) is 14.5 Å². The predicted octanol–water partition coefficient (Wildman–Crippen LogP) is 1.44. The van der Waals surface area contributed by atoms with Crippen molar-refractivity contribution in [2.45, 2.75) is 25.9 Å². The molecule has 11 nitrogen and oxygen atoms in total. The summed E-state index contributed by atoms with van der Waals surface area (Å²) in [4.78, 5) is 57.4. The van der Waals surface area contributed by atoms with Gasteiger partial charge in [0, 0.05) is 20.2 Å². The second-order valence-corrected chi connectivity index (χ2v) is 8.65. The normalized spacial score (nSPS) is 15.6. The van der Waals surface area contributed by atoms with E-state index in [0.717, 1.165) is 5.56 Å². The van der Waals surface area contributed by atoms with Crippen molar-refractivity contribution >= 4 is 23.3 Å². The summed E-state index contributed by atoms with van der Waals surface area (Å²) in [5, 5.41) is 0. The molecule has 1 saturated heterocycles. The minimum absolute atomic E-state index is 0.0710. The Morgan fingerprint density at radius 1 is 1.22 bits per heavy atom. The largest absolute Gasteiger partial charge is 0.472 e. The monoisotopic (exact) mass is 495 g/mol. The average Bonchev–Trinajstić information content (AvgIpc) is 3.43. The van der Waals surface area contributed by atoms with E-state index in [1.54, 1.807) is 11.0 Å². The van der Waals surface area contributed by atoms with E-state index in [2.05, 4.69) is 4.98 Å². The van der Waals surface area contributed by atoms with Gasteiger partial charge in [-0.3, -0.25) is 28.8 Å². The number of amides is 2. The number of nitrogens with one attached hydrogen (secondary N) is 1. The number of hydrogen-bond acceptors (Lipinski definition) is 7. The summed E-state index contributed by atoms with van der Waals surface area (Å²) in [5.41, 5.74) is 5.97. The Kier molecular flexibility index (Phi) is 7.69. The fourth-order valence-corrected chi connectivity index (χ4v) is 4.43. The molecule has 0 aliphatic carbocycles. The lowest BCUT2D eigenvalue weighted by Gasteiger charge is -2.35. The van der Waals surface area contributed by atoms with Crippen LogP contribution in [0, 0.1) is 5.92 Å². The Morgan fingerprint density at radius 2 is 2.00 bits per heavy atom. The number of nitrogen functional groups attached to an aromatic ring is 1. The van der Waals surface area contributed by atoms with Gasteiger partial charge in [0.2, 0.25) is 5.91 Å². The fourth-order valence-electron chi connectivity index (χ4n) is 4.43. The molecule has 1 aliphatic heterocycles. The second kappa shape index (κ2) is 11.1. The third-order valence-electron chi connectivity index (χ3n) is 6.28. The minimum atomic E-state index is -0.752. The molecule has 3 heterocycles. The van der Waals surface area contributed by atoms with Crippen molar-refractivity contribution in [1.29, 1.82) is 0 Å². The van der Waals surface area contributed by atoms with Crippen molar-refractivity contribution in [3.05, 3.63) is 80.9 Å². The number of aromatic amines is 1. The Morgan fingerprint density at radius 3 is 2.69 bits per heavy atom. The summed E-state index contributed by atoms with van der Waals surface area (Å²) in [6.45, 7) is 1.07.